The van der Waals surface area contributed by atoms with Gasteiger partial charge >= 0.3 is 0 Å². The molecule has 2 nitrogen and oxygen atoms in total. The van der Waals surface area contributed by atoms with Gasteiger partial charge in [0.15, 0.2) is 11.6 Å². The second kappa shape index (κ2) is 6.49. The van der Waals surface area contributed by atoms with E-state index in [1.165, 1.54) is 6.07 Å². The monoisotopic (exact) mass is 250 g/mol. The van der Waals surface area contributed by atoms with Crippen molar-refractivity contribution < 1.29 is 18.7 Å². The van der Waals surface area contributed by atoms with Crippen molar-refractivity contribution in [3.63, 3.8) is 0 Å². The zero-order chi connectivity index (χ0) is 13.5. The number of carboxylic acid groups (broad SMARTS) is 1. The average Bonchev–Trinajstić information content (AvgIpc) is 2.33. The lowest BCUT2D eigenvalue weighted by Crippen LogP contribution is -1.84. The van der Waals surface area contributed by atoms with E-state index in [2.05, 4.69) is 0 Å². The lowest BCUT2D eigenvalue weighted by molar-refractivity contribution is -0.134. The summed E-state index contributed by atoms with van der Waals surface area (Å²) >= 11 is 0. The molecule has 2 aromatic carbocycles. The molecule has 2 rings (SSSR count). The van der Waals surface area contributed by atoms with E-state index in [0.29, 0.717) is 5.56 Å². The number of carboxylic acids is 1. The van der Waals surface area contributed by atoms with Crippen molar-refractivity contribution >= 4 is 5.97 Å². The molecule has 0 aromatic heterocycles. The molecule has 0 radical (unpaired) electrons. The molecule has 0 atom stereocenters. The Morgan fingerprint density at radius 1 is 0.944 bits per heavy atom. The fourth-order valence-electron chi connectivity index (χ4n) is 1.31. The first kappa shape index (κ1) is 13.8. The van der Waals surface area contributed by atoms with Gasteiger partial charge in [-0.1, -0.05) is 36.4 Å². The maximum atomic E-state index is 12.9. The van der Waals surface area contributed by atoms with Crippen molar-refractivity contribution in [2.75, 3.05) is 0 Å². The third-order valence-electron chi connectivity index (χ3n) is 2.03. The summed E-state index contributed by atoms with van der Waals surface area (Å²) in [7, 11) is 0. The van der Waals surface area contributed by atoms with Gasteiger partial charge in [0.25, 0.3) is 5.97 Å². The van der Waals surface area contributed by atoms with Crippen molar-refractivity contribution in [1.29, 1.82) is 0 Å². The SMILES string of the molecule is CC(=O)O.Fc1ccc(-c2ccccc2)cc1F. The van der Waals surface area contributed by atoms with Gasteiger partial charge in [-0.05, 0) is 23.3 Å². The summed E-state index contributed by atoms with van der Waals surface area (Å²) in [4.78, 5) is 9.00. The van der Waals surface area contributed by atoms with Crippen LogP contribution in [0.4, 0.5) is 8.78 Å². The molecule has 0 aliphatic heterocycles. The minimum Gasteiger partial charge on any atom is -0.481 e. The Bertz CT molecular complexity index is 521. The molecule has 0 saturated carbocycles. The molecule has 0 bridgehead atoms. The van der Waals surface area contributed by atoms with Gasteiger partial charge in [-0.2, -0.15) is 0 Å². The van der Waals surface area contributed by atoms with Crippen LogP contribution in [0.25, 0.3) is 11.1 Å². The van der Waals surface area contributed by atoms with E-state index in [4.69, 9.17) is 9.90 Å². The molecule has 0 spiro atoms. The van der Waals surface area contributed by atoms with Crippen molar-refractivity contribution in [3.8, 4) is 11.1 Å². The van der Waals surface area contributed by atoms with Crippen LogP contribution in [0.5, 0.6) is 0 Å². The highest BCUT2D eigenvalue weighted by atomic mass is 19.2. The van der Waals surface area contributed by atoms with Gasteiger partial charge < -0.3 is 5.11 Å². The van der Waals surface area contributed by atoms with Gasteiger partial charge in [-0.25, -0.2) is 8.78 Å². The molecular formula is C14H12F2O2. The number of aliphatic carboxylic acids is 1. The van der Waals surface area contributed by atoms with E-state index >= 15 is 0 Å². The highest BCUT2D eigenvalue weighted by Gasteiger charge is 2.03. The van der Waals surface area contributed by atoms with Gasteiger partial charge in [0, 0.05) is 6.92 Å². The second-order valence-corrected chi connectivity index (χ2v) is 3.51. The van der Waals surface area contributed by atoms with E-state index in [0.717, 1.165) is 18.6 Å². The number of carbonyl (C=O) groups is 1. The number of hydrogen-bond donors (Lipinski definition) is 1. The highest BCUT2D eigenvalue weighted by Crippen LogP contribution is 2.20. The smallest absolute Gasteiger partial charge is 0.300 e. The van der Waals surface area contributed by atoms with Gasteiger partial charge in [0.2, 0.25) is 0 Å². The Hall–Kier alpha value is -2.23. The van der Waals surface area contributed by atoms with Crippen LogP contribution in [-0.4, -0.2) is 11.1 Å². The first-order chi connectivity index (χ1) is 8.50. The third-order valence-corrected chi connectivity index (χ3v) is 2.03. The Morgan fingerprint density at radius 3 is 2.00 bits per heavy atom. The first-order valence-electron chi connectivity index (χ1n) is 5.20. The molecule has 0 fully saturated rings. The van der Waals surface area contributed by atoms with Crippen molar-refractivity contribution in [2.45, 2.75) is 6.92 Å². The standard InChI is InChI=1S/C12H8F2.C2H4O2/c13-11-7-6-10(8-12(11)14)9-4-2-1-3-5-9;1-2(3)4/h1-8H;1H3,(H,3,4). The van der Waals surface area contributed by atoms with E-state index in [1.54, 1.807) is 6.07 Å². The Balaban J connectivity index is 0.000000357. The molecule has 0 aliphatic rings. The van der Waals surface area contributed by atoms with Crippen molar-refractivity contribution in [3.05, 3.63) is 60.2 Å². The van der Waals surface area contributed by atoms with Gasteiger partial charge in [-0.15, -0.1) is 0 Å². The predicted octanol–water partition coefficient (Wildman–Crippen LogP) is 3.72. The summed E-state index contributed by atoms with van der Waals surface area (Å²) in [5.74, 6) is -2.46. The number of benzene rings is 2. The van der Waals surface area contributed by atoms with Gasteiger partial charge in [0.05, 0.1) is 0 Å². The van der Waals surface area contributed by atoms with Crippen LogP contribution < -0.4 is 0 Å². The predicted molar refractivity (Wildman–Crippen MR) is 65.1 cm³/mol. The Labute approximate surface area is 104 Å². The summed E-state index contributed by atoms with van der Waals surface area (Å²) in [5, 5.41) is 7.42. The quantitative estimate of drug-likeness (QED) is 0.837. The van der Waals surface area contributed by atoms with E-state index in [9.17, 15) is 8.78 Å². The largest absolute Gasteiger partial charge is 0.481 e. The first-order valence-corrected chi connectivity index (χ1v) is 5.20. The maximum absolute atomic E-state index is 12.9. The van der Waals surface area contributed by atoms with Crippen LogP contribution in [0.15, 0.2) is 48.5 Å². The van der Waals surface area contributed by atoms with Gasteiger partial charge in [-0.3, -0.25) is 4.79 Å². The Morgan fingerprint density at radius 2 is 1.50 bits per heavy atom. The molecule has 0 aliphatic carbocycles. The zero-order valence-electron chi connectivity index (χ0n) is 9.73. The average molecular weight is 250 g/mol. The molecule has 0 amide bonds. The lowest BCUT2D eigenvalue weighted by atomic mass is 10.1. The normalized spacial score (nSPS) is 9.28. The molecule has 94 valence electrons. The number of hydrogen-bond acceptors (Lipinski definition) is 1. The fraction of sp³-hybridized carbons (Fsp3) is 0.0714. The van der Waals surface area contributed by atoms with E-state index in [1.807, 2.05) is 30.3 Å². The summed E-state index contributed by atoms with van der Waals surface area (Å²) < 4.78 is 25.5. The molecule has 4 heteroatoms. The Kier molecular flexibility index (Phi) is 4.99. The summed E-state index contributed by atoms with van der Waals surface area (Å²) in [6.07, 6.45) is 0. The molecule has 2 aromatic rings. The molecule has 0 unspecified atom stereocenters. The molecule has 1 N–H and O–H groups in total. The summed E-state index contributed by atoms with van der Waals surface area (Å²) in [5.41, 5.74) is 1.57. The van der Waals surface area contributed by atoms with Crippen molar-refractivity contribution in [2.24, 2.45) is 0 Å². The highest BCUT2D eigenvalue weighted by molar-refractivity contribution is 5.63. The van der Waals surface area contributed by atoms with Crippen LogP contribution in [0.2, 0.25) is 0 Å². The van der Waals surface area contributed by atoms with Crippen molar-refractivity contribution in [1.82, 2.24) is 0 Å². The summed E-state index contributed by atoms with van der Waals surface area (Å²) in [6.45, 7) is 1.08. The number of halogens is 2. The third kappa shape index (κ3) is 4.33. The zero-order valence-corrected chi connectivity index (χ0v) is 9.73. The molecule has 0 saturated heterocycles. The second-order valence-electron chi connectivity index (χ2n) is 3.51. The van der Waals surface area contributed by atoms with Gasteiger partial charge in [0.1, 0.15) is 0 Å². The number of rotatable bonds is 1. The lowest BCUT2D eigenvalue weighted by Gasteiger charge is -2.01. The minimum absolute atomic E-state index is 0.685. The maximum Gasteiger partial charge on any atom is 0.300 e. The van der Waals surface area contributed by atoms with Crippen LogP contribution >= 0.6 is 0 Å². The fourth-order valence-corrected chi connectivity index (χ4v) is 1.31. The molecular weight excluding hydrogens is 238 g/mol. The minimum atomic E-state index is -0.833. The molecule has 0 heterocycles. The van der Waals surface area contributed by atoms with Crippen LogP contribution in [0.3, 0.4) is 0 Å². The van der Waals surface area contributed by atoms with Crippen LogP contribution in [0.1, 0.15) is 6.92 Å². The van der Waals surface area contributed by atoms with E-state index < -0.39 is 17.6 Å². The van der Waals surface area contributed by atoms with E-state index in [-0.39, 0.29) is 0 Å². The topological polar surface area (TPSA) is 37.3 Å². The summed E-state index contributed by atoms with van der Waals surface area (Å²) in [6, 6.07) is 13.2. The van der Waals surface area contributed by atoms with Crippen LogP contribution in [-0.2, 0) is 4.79 Å². The van der Waals surface area contributed by atoms with Crippen LogP contribution in [0, 0.1) is 11.6 Å². The molecule has 18 heavy (non-hydrogen) atoms.